The molecule has 2 aliphatic rings. The van der Waals surface area contributed by atoms with E-state index >= 15 is 0 Å². The number of ether oxygens (including phenoxy) is 1. The summed E-state index contributed by atoms with van der Waals surface area (Å²) in [5.41, 5.74) is 0.546. The summed E-state index contributed by atoms with van der Waals surface area (Å²) in [7, 11) is 1.63. The second-order valence-electron chi connectivity index (χ2n) is 9.07. The van der Waals surface area contributed by atoms with Crippen molar-refractivity contribution in [1.82, 2.24) is 15.1 Å². The number of hydrogen-bond donors (Lipinski definition) is 1. The van der Waals surface area contributed by atoms with Crippen LogP contribution in [0, 0.1) is 0 Å². The number of benzene rings is 3. The SMILES string of the molecule is COc1ccc(N2CCN(C(=O)CN3C(=O)N[C@@](C)(c4ccc5ccccc5c4)C3=O)CC2)cc1. The molecule has 8 heteroatoms. The monoisotopic (exact) mass is 472 g/mol. The number of rotatable bonds is 5. The molecule has 2 fully saturated rings. The Bertz CT molecular complexity index is 1280. The van der Waals surface area contributed by atoms with Gasteiger partial charge in [0, 0.05) is 31.9 Å². The summed E-state index contributed by atoms with van der Waals surface area (Å²) in [6.45, 7) is 3.82. The number of carbonyl (C=O) groups is 3. The lowest BCUT2D eigenvalue weighted by molar-refractivity contribution is -0.139. The van der Waals surface area contributed by atoms with Crippen LogP contribution < -0.4 is 15.0 Å². The van der Waals surface area contributed by atoms with E-state index in [1.165, 1.54) is 0 Å². The lowest BCUT2D eigenvalue weighted by atomic mass is 9.90. The topological polar surface area (TPSA) is 82.2 Å². The summed E-state index contributed by atoms with van der Waals surface area (Å²) in [4.78, 5) is 44.0. The Hall–Kier alpha value is -4.07. The molecule has 0 aromatic heterocycles. The Morgan fingerprint density at radius 1 is 0.943 bits per heavy atom. The van der Waals surface area contributed by atoms with Gasteiger partial charge in [-0.05, 0) is 53.6 Å². The summed E-state index contributed by atoms with van der Waals surface area (Å²) >= 11 is 0. The molecular formula is C27H28N4O4. The van der Waals surface area contributed by atoms with Crippen LogP contribution in [0.15, 0.2) is 66.7 Å². The molecule has 0 saturated carbocycles. The van der Waals surface area contributed by atoms with E-state index in [0.29, 0.717) is 31.7 Å². The third kappa shape index (κ3) is 4.16. The molecule has 1 atom stereocenters. The zero-order valence-electron chi connectivity index (χ0n) is 19.9. The number of carbonyl (C=O) groups excluding carboxylic acids is 3. The van der Waals surface area contributed by atoms with E-state index in [0.717, 1.165) is 27.1 Å². The van der Waals surface area contributed by atoms with E-state index in [4.69, 9.17) is 4.74 Å². The molecule has 4 amide bonds. The Labute approximate surface area is 204 Å². The lowest BCUT2D eigenvalue weighted by Crippen LogP contribution is -2.52. The molecule has 1 N–H and O–H groups in total. The van der Waals surface area contributed by atoms with Crippen LogP contribution >= 0.6 is 0 Å². The van der Waals surface area contributed by atoms with Gasteiger partial charge in [-0.25, -0.2) is 4.79 Å². The van der Waals surface area contributed by atoms with Crippen LogP contribution in [0.2, 0.25) is 0 Å². The highest BCUT2D eigenvalue weighted by Gasteiger charge is 2.49. The van der Waals surface area contributed by atoms with Crippen molar-refractivity contribution < 1.29 is 19.1 Å². The molecule has 35 heavy (non-hydrogen) atoms. The molecule has 5 rings (SSSR count). The highest BCUT2D eigenvalue weighted by molar-refractivity contribution is 6.09. The van der Waals surface area contributed by atoms with Crippen molar-refractivity contribution in [2.45, 2.75) is 12.5 Å². The minimum absolute atomic E-state index is 0.231. The van der Waals surface area contributed by atoms with Gasteiger partial charge in [0.1, 0.15) is 17.8 Å². The van der Waals surface area contributed by atoms with Gasteiger partial charge in [0.25, 0.3) is 5.91 Å². The third-order valence-corrected chi connectivity index (χ3v) is 6.97. The zero-order chi connectivity index (χ0) is 24.6. The molecule has 0 aliphatic carbocycles. The van der Waals surface area contributed by atoms with Crippen LogP contribution in [0.1, 0.15) is 12.5 Å². The van der Waals surface area contributed by atoms with Gasteiger partial charge in [0.2, 0.25) is 5.91 Å². The first-order valence-corrected chi connectivity index (χ1v) is 11.7. The largest absolute Gasteiger partial charge is 0.497 e. The Morgan fingerprint density at radius 2 is 1.63 bits per heavy atom. The predicted octanol–water partition coefficient (Wildman–Crippen LogP) is 2.96. The van der Waals surface area contributed by atoms with Crippen LogP contribution in [0.3, 0.4) is 0 Å². The van der Waals surface area contributed by atoms with Crippen LogP contribution in [0.25, 0.3) is 10.8 Å². The smallest absolute Gasteiger partial charge is 0.325 e. The lowest BCUT2D eigenvalue weighted by Gasteiger charge is -2.36. The van der Waals surface area contributed by atoms with Crippen LogP contribution in [0.5, 0.6) is 5.75 Å². The fourth-order valence-electron chi connectivity index (χ4n) is 4.78. The molecular weight excluding hydrogens is 444 g/mol. The van der Waals surface area contributed by atoms with E-state index in [1.807, 2.05) is 66.7 Å². The standard InChI is InChI=1S/C27H28N4O4/c1-27(21-8-7-19-5-3-4-6-20(19)17-21)25(33)31(26(34)28-27)18-24(32)30-15-13-29(14-16-30)22-9-11-23(35-2)12-10-22/h3-12,17H,13-16,18H2,1-2H3,(H,28,34)/t27-/m0/s1. The molecule has 0 unspecified atom stereocenters. The molecule has 2 aliphatic heterocycles. The number of fused-ring (bicyclic) bond motifs is 1. The number of methoxy groups -OCH3 is 1. The van der Waals surface area contributed by atoms with Gasteiger partial charge in [-0.2, -0.15) is 0 Å². The van der Waals surface area contributed by atoms with Gasteiger partial charge in [0.05, 0.1) is 7.11 Å². The third-order valence-electron chi connectivity index (χ3n) is 6.97. The highest BCUT2D eigenvalue weighted by Crippen LogP contribution is 2.31. The minimum atomic E-state index is -1.21. The Morgan fingerprint density at radius 3 is 2.31 bits per heavy atom. The number of nitrogens with zero attached hydrogens (tertiary/aromatic N) is 3. The van der Waals surface area contributed by atoms with Gasteiger partial charge >= 0.3 is 6.03 Å². The first kappa shape index (κ1) is 22.7. The molecule has 0 spiro atoms. The maximum absolute atomic E-state index is 13.3. The summed E-state index contributed by atoms with van der Waals surface area (Å²) < 4.78 is 5.21. The van der Waals surface area contributed by atoms with Crippen LogP contribution in [-0.2, 0) is 15.1 Å². The van der Waals surface area contributed by atoms with Crippen LogP contribution in [-0.4, -0.2) is 67.5 Å². The van der Waals surface area contributed by atoms with Gasteiger partial charge < -0.3 is 19.9 Å². The van der Waals surface area contributed by atoms with Crippen molar-refractivity contribution in [1.29, 1.82) is 0 Å². The van der Waals surface area contributed by atoms with E-state index < -0.39 is 17.5 Å². The number of hydrogen-bond acceptors (Lipinski definition) is 5. The number of imide groups is 1. The summed E-state index contributed by atoms with van der Waals surface area (Å²) in [5, 5.41) is 4.84. The second-order valence-corrected chi connectivity index (χ2v) is 9.07. The average Bonchev–Trinajstić information content (AvgIpc) is 3.12. The van der Waals surface area contributed by atoms with Gasteiger partial charge in [-0.1, -0.05) is 36.4 Å². The van der Waals surface area contributed by atoms with E-state index in [1.54, 1.807) is 18.9 Å². The maximum Gasteiger partial charge on any atom is 0.325 e. The minimum Gasteiger partial charge on any atom is -0.497 e. The average molecular weight is 473 g/mol. The number of amides is 4. The van der Waals surface area contributed by atoms with Crippen molar-refractivity contribution in [3.8, 4) is 5.75 Å². The summed E-state index contributed by atoms with van der Waals surface area (Å²) in [5.74, 6) is 0.153. The van der Waals surface area contributed by atoms with Crippen molar-refractivity contribution >= 4 is 34.3 Å². The summed E-state index contributed by atoms with van der Waals surface area (Å²) in [6, 6.07) is 20.8. The molecule has 0 bridgehead atoms. The first-order chi connectivity index (χ1) is 16.9. The van der Waals surface area contributed by atoms with Gasteiger partial charge in [0.15, 0.2) is 0 Å². The molecule has 180 valence electrons. The molecule has 3 aromatic carbocycles. The van der Waals surface area contributed by atoms with Crippen molar-refractivity contribution in [2.24, 2.45) is 0 Å². The fraction of sp³-hybridized carbons (Fsp3) is 0.296. The summed E-state index contributed by atoms with van der Waals surface area (Å²) in [6.07, 6.45) is 0. The fourth-order valence-corrected chi connectivity index (χ4v) is 4.78. The highest BCUT2D eigenvalue weighted by atomic mass is 16.5. The molecule has 2 heterocycles. The predicted molar refractivity (Wildman–Crippen MR) is 133 cm³/mol. The molecule has 8 nitrogen and oxygen atoms in total. The molecule has 2 saturated heterocycles. The van der Waals surface area contributed by atoms with E-state index in [-0.39, 0.29) is 12.5 Å². The molecule has 3 aromatic rings. The number of anilines is 1. The van der Waals surface area contributed by atoms with E-state index in [9.17, 15) is 14.4 Å². The van der Waals surface area contributed by atoms with Crippen LogP contribution in [0.4, 0.5) is 10.5 Å². The van der Waals surface area contributed by atoms with Crippen molar-refractivity contribution in [3.05, 3.63) is 72.3 Å². The first-order valence-electron chi connectivity index (χ1n) is 11.7. The van der Waals surface area contributed by atoms with Gasteiger partial charge in [-0.15, -0.1) is 0 Å². The van der Waals surface area contributed by atoms with Gasteiger partial charge in [-0.3, -0.25) is 14.5 Å². The zero-order valence-corrected chi connectivity index (χ0v) is 19.9. The Balaban J connectivity index is 1.24. The number of nitrogens with one attached hydrogen (secondary N) is 1. The Kier molecular flexibility index (Phi) is 5.80. The maximum atomic E-state index is 13.3. The van der Waals surface area contributed by atoms with Crippen molar-refractivity contribution in [3.63, 3.8) is 0 Å². The number of piperazine rings is 1. The number of urea groups is 1. The van der Waals surface area contributed by atoms with Crippen molar-refractivity contribution in [2.75, 3.05) is 44.7 Å². The second kappa shape index (κ2) is 8.94. The normalized spacial score (nSPS) is 20.3. The quantitative estimate of drug-likeness (QED) is 0.578. The molecule has 0 radical (unpaired) electrons. The van der Waals surface area contributed by atoms with E-state index in [2.05, 4.69) is 10.2 Å².